The molecule has 2 amide bonds. The maximum absolute atomic E-state index is 12.8. The number of nitriles is 1. The summed E-state index contributed by atoms with van der Waals surface area (Å²) in [7, 11) is 0. The number of carbonyl (C=O) groups is 2. The van der Waals surface area contributed by atoms with Crippen molar-refractivity contribution in [1.29, 1.82) is 5.26 Å². The molecule has 6 nitrogen and oxygen atoms in total. The number of allylic oxidation sites excluding steroid dienone is 2. The van der Waals surface area contributed by atoms with E-state index in [2.05, 4.69) is 22.3 Å². The molecule has 0 unspecified atom stereocenters. The van der Waals surface area contributed by atoms with Crippen LogP contribution in [0.15, 0.2) is 58.9 Å². The minimum atomic E-state index is -1.03. The number of hydrogen-bond acceptors (Lipinski definition) is 4. The molecule has 1 aromatic carbocycles. The fraction of sp³-hybridized carbons (Fsp3) is 0.364. The van der Waals surface area contributed by atoms with E-state index < -0.39 is 16.9 Å². The van der Waals surface area contributed by atoms with Crippen LogP contribution in [0.3, 0.4) is 0 Å². The third-order valence-corrected chi connectivity index (χ3v) is 4.69. The maximum atomic E-state index is 12.8. The molecule has 1 fully saturated rings. The highest BCUT2D eigenvalue weighted by Gasteiger charge is 2.49. The molecule has 1 aliphatic carbocycles. The molecule has 0 bridgehead atoms. The second-order valence-corrected chi connectivity index (χ2v) is 7.52. The van der Waals surface area contributed by atoms with E-state index in [1.54, 1.807) is 26.8 Å². The van der Waals surface area contributed by atoms with Crippen molar-refractivity contribution in [2.45, 2.75) is 45.6 Å². The predicted octanol–water partition coefficient (Wildman–Crippen LogP) is 3.03. The first-order valence-electron chi connectivity index (χ1n) is 9.19. The standard InChI is InChI=1S/C22H26N4O2/c1-5-17(13-18(24-4)19(27)26-21(2,3)15-23)25-20(28)22(11-12-22)14-16-9-7-6-8-10-16/h5-10,13H,4,11-12,14H2,1-3H3,(H,25,28)(H,26,27)/b17-5+,18-13-. The zero-order valence-corrected chi connectivity index (χ0v) is 16.6. The van der Waals surface area contributed by atoms with Crippen molar-refractivity contribution in [2.75, 3.05) is 0 Å². The van der Waals surface area contributed by atoms with Gasteiger partial charge in [-0.15, -0.1) is 0 Å². The Labute approximate surface area is 166 Å². The Morgan fingerprint density at radius 3 is 2.46 bits per heavy atom. The summed E-state index contributed by atoms with van der Waals surface area (Å²) in [5.41, 5.74) is 0.185. The number of carbonyl (C=O) groups excluding carboxylic acids is 2. The van der Waals surface area contributed by atoms with Gasteiger partial charge in [-0.3, -0.25) is 14.6 Å². The van der Waals surface area contributed by atoms with E-state index in [0.29, 0.717) is 12.1 Å². The number of nitrogens with one attached hydrogen (secondary N) is 2. The Hall–Kier alpha value is -3.20. The van der Waals surface area contributed by atoms with E-state index in [4.69, 9.17) is 5.26 Å². The minimum Gasteiger partial charge on any atom is -0.333 e. The summed E-state index contributed by atoms with van der Waals surface area (Å²) in [6, 6.07) is 11.9. The van der Waals surface area contributed by atoms with Gasteiger partial charge in [0.25, 0.3) is 5.91 Å². The van der Waals surface area contributed by atoms with Crippen molar-refractivity contribution in [1.82, 2.24) is 10.6 Å². The second kappa shape index (κ2) is 8.66. The smallest absolute Gasteiger partial charge is 0.271 e. The molecule has 0 saturated heterocycles. The first-order chi connectivity index (χ1) is 13.2. The molecule has 0 radical (unpaired) electrons. The molecule has 1 aromatic rings. The quantitative estimate of drug-likeness (QED) is 0.413. The van der Waals surface area contributed by atoms with Crippen molar-refractivity contribution in [3.8, 4) is 6.07 Å². The van der Waals surface area contributed by atoms with Crippen LogP contribution in [-0.2, 0) is 16.0 Å². The van der Waals surface area contributed by atoms with Crippen LogP contribution in [0.25, 0.3) is 0 Å². The summed E-state index contributed by atoms with van der Waals surface area (Å²) in [4.78, 5) is 28.9. The number of aliphatic imine (C=N–C) groups is 1. The predicted molar refractivity (Wildman–Crippen MR) is 109 cm³/mol. The van der Waals surface area contributed by atoms with Gasteiger partial charge in [0.1, 0.15) is 11.2 Å². The molecule has 0 aromatic heterocycles. The summed E-state index contributed by atoms with van der Waals surface area (Å²) >= 11 is 0. The molecule has 6 heteroatoms. The number of nitrogens with zero attached hydrogens (tertiary/aromatic N) is 2. The van der Waals surface area contributed by atoms with Gasteiger partial charge in [0, 0.05) is 5.70 Å². The van der Waals surface area contributed by atoms with E-state index in [9.17, 15) is 9.59 Å². The van der Waals surface area contributed by atoms with Gasteiger partial charge in [0.05, 0.1) is 11.5 Å². The lowest BCUT2D eigenvalue weighted by Crippen LogP contribution is -2.42. The van der Waals surface area contributed by atoms with Crippen molar-refractivity contribution < 1.29 is 9.59 Å². The van der Waals surface area contributed by atoms with Gasteiger partial charge in [-0.05, 0) is 58.4 Å². The fourth-order valence-electron chi connectivity index (χ4n) is 2.78. The molecule has 1 aliphatic rings. The highest BCUT2D eigenvalue weighted by atomic mass is 16.2. The average Bonchev–Trinajstić information content (AvgIpc) is 3.46. The van der Waals surface area contributed by atoms with Gasteiger partial charge in [0.2, 0.25) is 5.91 Å². The van der Waals surface area contributed by atoms with E-state index in [0.717, 1.165) is 18.4 Å². The van der Waals surface area contributed by atoms with Crippen molar-refractivity contribution in [2.24, 2.45) is 10.4 Å². The maximum Gasteiger partial charge on any atom is 0.271 e. The molecule has 2 rings (SSSR count). The van der Waals surface area contributed by atoms with Crippen LogP contribution < -0.4 is 10.6 Å². The molecule has 0 heterocycles. The van der Waals surface area contributed by atoms with Crippen molar-refractivity contribution in [3.05, 3.63) is 59.4 Å². The van der Waals surface area contributed by atoms with Crippen LogP contribution in [0.2, 0.25) is 0 Å². The molecule has 0 aliphatic heterocycles. The monoisotopic (exact) mass is 378 g/mol. The van der Waals surface area contributed by atoms with E-state index in [1.165, 1.54) is 6.08 Å². The zero-order chi connectivity index (χ0) is 20.8. The van der Waals surface area contributed by atoms with Gasteiger partial charge < -0.3 is 10.6 Å². The summed E-state index contributed by atoms with van der Waals surface area (Å²) in [5, 5.41) is 14.5. The summed E-state index contributed by atoms with van der Waals surface area (Å²) in [6.07, 6.45) is 5.51. The lowest BCUT2D eigenvalue weighted by Gasteiger charge is -2.18. The van der Waals surface area contributed by atoms with E-state index >= 15 is 0 Å². The normalized spacial score (nSPS) is 15.9. The first-order valence-corrected chi connectivity index (χ1v) is 9.19. The van der Waals surface area contributed by atoms with Crippen LogP contribution in [0.5, 0.6) is 0 Å². The summed E-state index contributed by atoms with van der Waals surface area (Å²) < 4.78 is 0. The molecule has 1 saturated carbocycles. The van der Waals surface area contributed by atoms with Crippen LogP contribution in [0, 0.1) is 16.7 Å². The number of amides is 2. The van der Waals surface area contributed by atoms with Crippen LogP contribution in [-0.4, -0.2) is 24.1 Å². The van der Waals surface area contributed by atoms with Gasteiger partial charge >= 0.3 is 0 Å². The number of benzene rings is 1. The lowest BCUT2D eigenvalue weighted by atomic mass is 9.95. The second-order valence-electron chi connectivity index (χ2n) is 7.52. The van der Waals surface area contributed by atoms with Crippen LogP contribution >= 0.6 is 0 Å². The Balaban J connectivity index is 2.09. The summed E-state index contributed by atoms with van der Waals surface area (Å²) in [5.74, 6) is -0.595. The molecule has 0 spiro atoms. The van der Waals surface area contributed by atoms with Crippen molar-refractivity contribution in [3.63, 3.8) is 0 Å². The Kier molecular flexibility index (Phi) is 6.53. The molecular weight excluding hydrogens is 352 g/mol. The van der Waals surface area contributed by atoms with Crippen molar-refractivity contribution >= 4 is 18.5 Å². The van der Waals surface area contributed by atoms with Gasteiger partial charge in [-0.1, -0.05) is 36.4 Å². The SMILES string of the molecule is C=N/C(=C\C(=C/C)NC(=O)C1(Cc2ccccc2)CC1)C(=O)NC(C)(C)C#N. The van der Waals surface area contributed by atoms with Crippen LogP contribution in [0.4, 0.5) is 0 Å². The number of rotatable bonds is 8. The highest BCUT2D eigenvalue weighted by Crippen LogP contribution is 2.48. The Morgan fingerprint density at radius 2 is 1.96 bits per heavy atom. The zero-order valence-electron chi connectivity index (χ0n) is 16.6. The molecule has 2 N–H and O–H groups in total. The third kappa shape index (κ3) is 5.40. The van der Waals surface area contributed by atoms with Crippen LogP contribution in [0.1, 0.15) is 39.2 Å². The third-order valence-electron chi connectivity index (χ3n) is 4.69. The topological polar surface area (TPSA) is 94.3 Å². The molecule has 28 heavy (non-hydrogen) atoms. The van der Waals surface area contributed by atoms with E-state index in [-0.39, 0.29) is 11.6 Å². The summed E-state index contributed by atoms with van der Waals surface area (Å²) in [6.45, 7) is 8.36. The fourth-order valence-corrected chi connectivity index (χ4v) is 2.78. The van der Waals surface area contributed by atoms with Gasteiger partial charge in [0.15, 0.2) is 0 Å². The molecule has 146 valence electrons. The molecular formula is C22H26N4O2. The Morgan fingerprint density at radius 1 is 1.32 bits per heavy atom. The largest absolute Gasteiger partial charge is 0.333 e. The Bertz CT molecular complexity index is 856. The molecule has 0 atom stereocenters. The minimum absolute atomic E-state index is 0.0321. The lowest BCUT2D eigenvalue weighted by molar-refractivity contribution is -0.125. The first kappa shape index (κ1) is 21.1. The van der Waals surface area contributed by atoms with Gasteiger partial charge in [-0.25, -0.2) is 0 Å². The van der Waals surface area contributed by atoms with E-state index in [1.807, 2.05) is 36.4 Å². The highest BCUT2D eigenvalue weighted by molar-refractivity contribution is 5.95. The number of hydrogen-bond donors (Lipinski definition) is 2. The van der Waals surface area contributed by atoms with Gasteiger partial charge in [-0.2, -0.15) is 5.26 Å². The average molecular weight is 378 g/mol.